The molecule has 0 spiro atoms. The third kappa shape index (κ3) is 4.90. The maximum Gasteiger partial charge on any atom is 0.243 e. The van der Waals surface area contributed by atoms with E-state index in [2.05, 4.69) is 11.9 Å². The van der Waals surface area contributed by atoms with Crippen LogP contribution in [0.15, 0.2) is 12.7 Å². The van der Waals surface area contributed by atoms with Gasteiger partial charge in [0, 0.05) is 12.3 Å². The molecule has 0 fully saturated rings. The van der Waals surface area contributed by atoms with Gasteiger partial charge >= 0.3 is 0 Å². The third-order valence-corrected chi connectivity index (χ3v) is 3.04. The maximum atomic E-state index is 10.9. The predicted octanol–water partition coefficient (Wildman–Crippen LogP) is -0.277. The number of hydrogen-bond donors (Lipinski definition) is 1. The highest BCUT2D eigenvalue weighted by Crippen LogP contribution is 1.86. The molecule has 4 nitrogen and oxygen atoms in total. The summed E-state index contributed by atoms with van der Waals surface area (Å²) < 4.78 is 21.8. The third-order valence-electron chi connectivity index (χ3n) is 1.34. The molecule has 0 heterocycles. The number of hydrogen-bond acceptors (Lipinski definition) is 3. The fraction of sp³-hybridized carbons (Fsp3) is 0.571. The van der Waals surface area contributed by atoms with Gasteiger partial charge in [0.25, 0.3) is 0 Å². The van der Waals surface area contributed by atoms with Gasteiger partial charge in [0.2, 0.25) is 5.91 Å². The summed E-state index contributed by atoms with van der Waals surface area (Å²) in [7, 11) is -2.97. The Bertz CT molecular complexity index is 256. The van der Waals surface area contributed by atoms with Gasteiger partial charge in [-0.1, -0.05) is 13.5 Å². The average molecular weight is 191 g/mol. The normalized spacial score (nSPS) is 10.8. The first kappa shape index (κ1) is 11.2. The van der Waals surface area contributed by atoms with E-state index < -0.39 is 9.84 Å². The highest BCUT2D eigenvalue weighted by molar-refractivity contribution is 7.91. The fourth-order valence-corrected chi connectivity index (χ4v) is 1.25. The molecule has 0 aromatic heterocycles. The minimum absolute atomic E-state index is 0.0108. The smallest absolute Gasteiger partial charge is 0.243 e. The van der Waals surface area contributed by atoms with Crippen molar-refractivity contribution in [3.05, 3.63) is 12.7 Å². The lowest BCUT2D eigenvalue weighted by atomic mass is 10.6. The fourth-order valence-electron chi connectivity index (χ4n) is 0.546. The summed E-state index contributed by atoms with van der Waals surface area (Å²) in [5.74, 6) is -0.249. The van der Waals surface area contributed by atoms with Crippen LogP contribution in [0.1, 0.15) is 6.92 Å². The van der Waals surface area contributed by atoms with Crippen LogP contribution in [0.5, 0.6) is 0 Å². The van der Waals surface area contributed by atoms with E-state index >= 15 is 0 Å². The van der Waals surface area contributed by atoms with E-state index in [1.54, 1.807) is 6.92 Å². The molecule has 0 bridgehead atoms. The first-order valence-electron chi connectivity index (χ1n) is 3.62. The Hall–Kier alpha value is -0.840. The van der Waals surface area contributed by atoms with Crippen molar-refractivity contribution in [1.29, 1.82) is 0 Å². The summed E-state index contributed by atoms with van der Waals surface area (Å²) >= 11 is 0. The molecule has 0 saturated heterocycles. The van der Waals surface area contributed by atoms with Gasteiger partial charge in [-0.2, -0.15) is 0 Å². The molecule has 70 valence electrons. The van der Waals surface area contributed by atoms with E-state index in [0.29, 0.717) is 0 Å². The number of carbonyl (C=O) groups is 1. The second kappa shape index (κ2) is 4.92. The van der Waals surface area contributed by atoms with Gasteiger partial charge in [-0.15, -0.1) is 0 Å². The highest BCUT2D eigenvalue weighted by atomic mass is 32.2. The number of sulfone groups is 1. The minimum Gasteiger partial charge on any atom is -0.352 e. The van der Waals surface area contributed by atoms with Gasteiger partial charge < -0.3 is 5.32 Å². The Kier molecular flexibility index (Phi) is 4.58. The van der Waals surface area contributed by atoms with Crippen molar-refractivity contribution in [3.63, 3.8) is 0 Å². The lowest BCUT2D eigenvalue weighted by Crippen LogP contribution is -2.27. The van der Waals surface area contributed by atoms with Crippen LogP contribution >= 0.6 is 0 Å². The lowest BCUT2D eigenvalue weighted by Gasteiger charge is -2.01. The van der Waals surface area contributed by atoms with E-state index in [0.717, 1.165) is 6.08 Å². The summed E-state index contributed by atoms with van der Waals surface area (Å²) in [6.07, 6.45) is 1.11. The summed E-state index contributed by atoms with van der Waals surface area (Å²) in [6, 6.07) is 0. The summed E-state index contributed by atoms with van der Waals surface area (Å²) in [5, 5.41) is 2.39. The van der Waals surface area contributed by atoms with Crippen LogP contribution in [0.3, 0.4) is 0 Å². The summed E-state index contributed by atoms with van der Waals surface area (Å²) in [4.78, 5) is 10.6. The van der Waals surface area contributed by atoms with E-state index in [9.17, 15) is 13.2 Å². The second-order valence-corrected chi connectivity index (χ2v) is 4.70. The first-order valence-corrected chi connectivity index (χ1v) is 5.44. The van der Waals surface area contributed by atoms with E-state index in [1.165, 1.54) is 0 Å². The highest BCUT2D eigenvalue weighted by Gasteiger charge is 2.06. The van der Waals surface area contributed by atoms with Crippen LogP contribution in [0.2, 0.25) is 0 Å². The number of amides is 1. The molecule has 0 rings (SSSR count). The van der Waals surface area contributed by atoms with E-state index in [4.69, 9.17) is 0 Å². The van der Waals surface area contributed by atoms with Crippen molar-refractivity contribution in [2.45, 2.75) is 6.92 Å². The van der Waals surface area contributed by atoms with Crippen LogP contribution in [-0.4, -0.2) is 32.4 Å². The topological polar surface area (TPSA) is 63.2 Å². The molecule has 0 aliphatic rings. The Labute approximate surface area is 72.6 Å². The molecule has 0 unspecified atom stereocenters. The largest absolute Gasteiger partial charge is 0.352 e. The Morgan fingerprint density at radius 1 is 1.58 bits per heavy atom. The van der Waals surface area contributed by atoms with Crippen molar-refractivity contribution in [2.75, 3.05) is 18.1 Å². The van der Waals surface area contributed by atoms with Crippen LogP contribution in [0.25, 0.3) is 0 Å². The van der Waals surface area contributed by atoms with Gasteiger partial charge in [0.05, 0.1) is 5.75 Å². The Morgan fingerprint density at radius 3 is 2.58 bits per heavy atom. The van der Waals surface area contributed by atoms with Crippen LogP contribution in [0, 0.1) is 0 Å². The minimum atomic E-state index is -2.97. The summed E-state index contributed by atoms with van der Waals surface area (Å²) in [5.41, 5.74) is 0. The van der Waals surface area contributed by atoms with Crippen molar-refractivity contribution < 1.29 is 13.2 Å². The zero-order valence-electron chi connectivity index (χ0n) is 7.04. The monoisotopic (exact) mass is 191 g/mol. The van der Waals surface area contributed by atoms with Gasteiger partial charge in [-0.3, -0.25) is 4.79 Å². The first-order chi connectivity index (χ1) is 5.52. The lowest BCUT2D eigenvalue weighted by molar-refractivity contribution is -0.116. The van der Waals surface area contributed by atoms with Gasteiger partial charge in [-0.05, 0) is 6.08 Å². The van der Waals surface area contributed by atoms with Gasteiger partial charge in [0.15, 0.2) is 9.84 Å². The number of rotatable bonds is 5. The molecular formula is C7H13NO3S. The quantitative estimate of drug-likeness (QED) is 0.608. The van der Waals surface area contributed by atoms with Crippen LogP contribution in [0.4, 0.5) is 0 Å². The molecule has 0 aliphatic heterocycles. The molecule has 0 radical (unpaired) electrons. The molecule has 1 amide bonds. The van der Waals surface area contributed by atoms with Gasteiger partial charge in [0.1, 0.15) is 0 Å². The molecule has 0 aromatic rings. The number of carbonyl (C=O) groups excluding carboxylic acids is 1. The Balaban J connectivity index is 3.71. The molecule has 5 heteroatoms. The molecule has 0 aliphatic carbocycles. The molecule has 0 atom stereocenters. The number of nitrogens with one attached hydrogen (secondary N) is 1. The van der Waals surface area contributed by atoms with E-state index in [-0.39, 0.29) is 24.0 Å². The standard InChI is InChI=1S/C7H13NO3S/c1-3-7(9)8-5-6-12(10,11)4-2/h3H,1,4-6H2,2H3,(H,8,9). The molecule has 0 aromatic carbocycles. The average Bonchev–Trinajstić information content (AvgIpc) is 2.04. The summed E-state index contributed by atoms with van der Waals surface area (Å²) in [6.45, 7) is 4.96. The molecular weight excluding hydrogens is 178 g/mol. The van der Waals surface area contributed by atoms with Crippen molar-refractivity contribution >= 4 is 15.7 Å². The van der Waals surface area contributed by atoms with Crippen molar-refractivity contribution in [3.8, 4) is 0 Å². The maximum absolute atomic E-state index is 10.9. The Morgan fingerprint density at radius 2 is 2.17 bits per heavy atom. The van der Waals surface area contributed by atoms with Crippen molar-refractivity contribution in [1.82, 2.24) is 5.32 Å². The molecule has 0 saturated carbocycles. The molecule has 12 heavy (non-hydrogen) atoms. The zero-order valence-corrected chi connectivity index (χ0v) is 7.86. The zero-order chi connectivity index (χ0) is 9.61. The van der Waals surface area contributed by atoms with Crippen molar-refractivity contribution in [2.24, 2.45) is 0 Å². The predicted molar refractivity (Wildman–Crippen MR) is 47.5 cm³/mol. The molecule has 1 N–H and O–H groups in total. The van der Waals surface area contributed by atoms with Crippen LogP contribution in [-0.2, 0) is 14.6 Å². The second-order valence-electron chi connectivity index (χ2n) is 2.23. The van der Waals surface area contributed by atoms with E-state index in [1.807, 2.05) is 0 Å². The van der Waals surface area contributed by atoms with Crippen LogP contribution < -0.4 is 5.32 Å². The van der Waals surface area contributed by atoms with Gasteiger partial charge in [-0.25, -0.2) is 8.42 Å². The SMILES string of the molecule is C=CC(=O)NCCS(=O)(=O)CC.